The molecule has 1 aliphatic heterocycles. The molecule has 0 fully saturated rings. The average Bonchev–Trinajstić information content (AvgIpc) is 3.05. The predicted molar refractivity (Wildman–Crippen MR) is 94.6 cm³/mol. The minimum absolute atomic E-state index is 0.317. The van der Waals surface area contributed by atoms with E-state index in [0.717, 1.165) is 43.2 Å². The summed E-state index contributed by atoms with van der Waals surface area (Å²) in [6.07, 6.45) is 2.04. The molecule has 24 heavy (non-hydrogen) atoms. The zero-order chi connectivity index (χ0) is 16.8. The summed E-state index contributed by atoms with van der Waals surface area (Å²) in [4.78, 5) is 0. The third-order valence-corrected chi connectivity index (χ3v) is 3.96. The van der Waals surface area contributed by atoms with Gasteiger partial charge in [0.05, 0.1) is 12.3 Å². The number of hydrogen-bond acceptors (Lipinski definition) is 5. The molecule has 0 amide bonds. The van der Waals surface area contributed by atoms with Crippen LogP contribution in [0.2, 0.25) is 0 Å². The van der Waals surface area contributed by atoms with Gasteiger partial charge in [0, 0.05) is 6.54 Å². The van der Waals surface area contributed by atoms with Gasteiger partial charge < -0.3 is 25.3 Å². The summed E-state index contributed by atoms with van der Waals surface area (Å²) < 4.78 is 16.2. The molecule has 128 valence electrons. The van der Waals surface area contributed by atoms with Crippen LogP contribution >= 0.6 is 0 Å². The number of ether oxygens (including phenoxy) is 3. The van der Waals surface area contributed by atoms with Gasteiger partial charge >= 0.3 is 0 Å². The lowest BCUT2D eigenvalue weighted by atomic mass is 10.1. The van der Waals surface area contributed by atoms with E-state index >= 15 is 0 Å². The van der Waals surface area contributed by atoms with Crippen molar-refractivity contribution < 1.29 is 14.2 Å². The first-order valence-electron chi connectivity index (χ1n) is 8.36. The van der Waals surface area contributed by atoms with Gasteiger partial charge in [-0.15, -0.1) is 0 Å². The average molecular weight is 328 g/mol. The van der Waals surface area contributed by atoms with Gasteiger partial charge in [-0.25, -0.2) is 0 Å². The molecule has 0 aliphatic carbocycles. The van der Waals surface area contributed by atoms with E-state index in [9.17, 15) is 0 Å². The number of fused-ring (bicyclic) bond motifs is 1. The van der Waals surface area contributed by atoms with Crippen LogP contribution in [0.4, 0.5) is 5.69 Å². The summed E-state index contributed by atoms with van der Waals surface area (Å²) in [5.74, 6) is 2.42. The number of nitrogen functional groups attached to an aromatic ring is 1. The standard InChI is InChI=1S/C19H24N2O3/c1-2-22-17-7-5-14(10-16(17)20)4-3-9-21-12-15-6-8-18-19(11-15)24-13-23-18/h5-8,10-11,21H,2-4,9,12-13,20H2,1H3. The normalized spacial score (nSPS) is 12.4. The van der Waals surface area contributed by atoms with Crippen molar-refractivity contribution in [2.24, 2.45) is 0 Å². The first-order valence-corrected chi connectivity index (χ1v) is 8.36. The van der Waals surface area contributed by atoms with Crippen molar-refractivity contribution in [3.05, 3.63) is 47.5 Å². The molecule has 0 saturated heterocycles. The Morgan fingerprint density at radius 1 is 1.08 bits per heavy atom. The van der Waals surface area contributed by atoms with Crippen LogP contribution in [0.5, 0.6) is 17.2 Å². The van der Waals surface area contributed by atoms with Crippen LogP contribution in [0.15, 0.2) is 36.4 Å². The fourth-order valence-corrected chi connectivity index (χ4v) is 2.74. The van der Waals surface area contributed by atoms with E-state index in [1.807, 2.05) is 31.2 Å². The third kappa shape index (κ3) is 4.11. The van der Waals surface area contributed by atoms with Crippen molar-refractivity contribution in [2.75, 3.05) is 25.7 Å². The largest absolute Gasteiger partial charge is 0.492 e. The summed E-state index contributed by atoms with van der Waals surface area (Å²) >= 11 is 0. The molecule has 0 radical (unpaired) electrons. The lowest BCUT2D eigenvalue weighted by Crippen LogP contribution is -2.15. The molecule has 3 N–H and O–H groups in total. The number of hydrogen-bond donors (Lipinski definition) is 2. The van der Waals surface area contributed by atoms with Crippen molar-refractivity contribution in [2.45, 2.75) is 26.3 Å². The van der Waals surface area contributed by atoms with Crippen molar-refractivity contribution in [3.63, 3.8) is 0 Å². The molecule has 0 saturated carbocycles. The van der Waals surface area contributed by atoms with Crippen LogP contribution in [0.1, 0.15) is 24.5 Å². The molecule has 5 heteroatoms. The van der Waals surface area contributed by atoms with E-state index in [2.05, 4.69) is 17.4 Å². The van der Waals surface area contributed by atoms with Gasteiger partial charge in [-0.1, -0.05) is 12.1 Å². The van der Waals surface area contributed by atoms with Crippen LogP contribution in [0.3, 0.4) is 0 Å². The van der Waals surface area contributed by atoms with Crippen LogP contribution in [0.25, 0.3) is 0 Å². The summed E-state index contributed by atoms with van der Waals surface area (Å²) in [6.45, 7) is 4.67. The monoisotopic (exact) mass is 328 g/mol. The van der Waals surface area contributed by atoms with Crippen LogP contribution in [-0.4, -0.2) is 19.9 Å². The molecule has 5 nitrogen and oxygen atoms in total. The maximum absolute atomic E-state index is 6.00. The Hall–Kier alpha value is -2.40. The number of nitrogens with two attached hydrogens (primary N) is 1. The van der Waals surface area contributed by atoms with Crippen molar-refractivity contribution in [1.29, 1.82) is 0 Å². The second-order valence-electron chi connectivity index (χ2n) is 5.77. The number of aryl methyl sites for hydroxylation is 1. The molecule has 0 bridgehead atoms. The minimum Gasteiger partial charge on any atom is -0.492 e. The van der Waals surface area contributed by atoms with Gasteiger partial charge in [0.2, 0.25) is 6.79 Å². The molecule has 3 rings (SSSR count). The molecule has 0 atom stereocenters. The first kappa shape index (κ1) is 16.5. The second-order valence-corrected chi connectivity index (χ2v) is 5.77. The number of rotatable bonds is 8. The number of anilines is 1. The Labute approximate surface area is 142 Å². The van der Waals surface area contributed by atoms with E-state index in [-0.39, 0.29) is 0 Å². The van der Waals surface area contributed by atoms with Gasteiger partial charge in [-0.3, -0.25) is 0 Å². The van der Waals surface area contributed by atoms with Gasteiger partial charge in [-0.2, -0.15) is 0 Å². The summed E-state index contributed by atoms with van der Waals surface area (Å²) in [5, 5.41) is 3.46. The van der Waals surface area contributed by atoms with E-state index in [1.165, 1.54) is 11.1 Å². The maximum atomic E-state index is 6.00. The van der Waals surface area contributed by atoms with Gasteiger partial charge in [0.15, 0.2) is 11.5 Å². The summed E-state index contributed by atoms with van der Waals surface area (Å²) in [6, 6.07) is 12.1. The highest BCUT2D eigenvalue weighted by atomic mass is 16.7. The third-order valence-electron chi connectivity index (χ3n) is 3.96. The Morgan fingerprint density at radius 3 is 2.75 bits per heavy atom. The molecule has 0 unspecified atom stereocenters. The fourth-order valence-electron chi connectivity index (χ4n) is 2.74. The molecular weight excluding hydrogens is 304 g/mol. The minimum atomic E-state index is 0.317. The topological polar surface area (TPSA) is 65.7 Å². The Balaban J connectivity index is 1.40. The Morgan fingerprint density at radius 2 is 1.92 bits per heavy atom. The maximum Gasteiger partial charge on any atom is 0.231 e. The van der Waals surface area contributed by atoms with Crippen LogP contribution in [-0.2, 0) is 13.0 Å². The molecule has 1 heterocycles. The first-order chi connectivity index (χ1) is 11.8. The molecule has 2 aromatic rings. The zero-order valence-corrected chi connectivity index (χ0v) is 14.0. The lowest BCUT2D eigenvalue weighted by molar-refractivity contribution is 0.174. The van der Waals surface area contributed by atoms with E-state index in [0.29, 0.717) is 19.1 Å². The molecule has 0 aromatic heterocycles. The zero-order valence-electron chi connectivity index (χ0n) is 14.0. The van der Waals surface area contributed by atoms with E-state index in [1.54, 1.807) is 0 Å². The molecule has 2 aromatic carbocycles. The highest BCUT2D eigenvalue weighted by Crippen LogP contribution is 2.32. The lowest BCUT2D eigenvalue weighted by Gasteiger charge is -2.09. The van der Waals surface area contributed by atoms with E-state index < -0.39 is 0 Å². The molecular formula is C19H24N2O3. The number of benzene rings is 2. The smallest absolute Gasteiger partial charge is 0.231 e. The van der Waals surface area contributed by atoms with Crippen molar-refractivity contribution in [3.8, 4) is 17.2 Å². The quantitative estimate of drug-likeness (QED) is 0.576. The SMILES string of the molecule is CCOc1ccc(CCCNCc2ccc3c(c2)OCO3)cc1N. The summed E-state index contributed by atoms with van der Waals surface area (Å²) in [5.41, 5.74) is 9.14. The highest BCUT2D eigenvalue weighted by Gasteiger charge is 2.12. The Kier molecular flexibility index (Phi) is 5.43. The molecule has 1 aliphatic rings. The summed E-state index contributed by atoms with van der Waals surface area (Å²) in [7, 11) is 0. The van der Waals surface area contributed by atoms with Gasteiger partial charge in [0.1, 0.15) is 5.75 Å². The van der Waals surface area contributed by atoms with Crippen LogP contribution in [0, 0.1) is 0 Å². The predicted octanol–water partition coefficient (Wildman–Crippen LogP) is 3.12. The fraction of sp³-hybridized carbons (Fsp3) is 0.368. The van der Waals surface area contributed by atoms with Gasteiger partial charge in [0.25, 0.3) is 0 Å². The Bertz CT molecular complexity index is 688. The van der Waals surface area contributed by atoms with E-state index in [4.69, 9.17) is 19.9 Å². The highest BCUT2D eigenvalue weighted by molar-refractivity contribution is 5.54. The number of nitrogens with one attached hydrogen (secondary N) is 1. The van der Waals surface area contributed by atoms with Gasteiger partial charge in [-0.05, 0) is 61.7 Å². The van der Waals surface area contributed by atoms with Crippen molar-refractivity contribution in [1.82, 2.24) is 5.32 Å². The molecule has 0 spiro atoms. The second kappa shape index (κ2) is 7.93. The van der Waals surface area contributed by atoms with Crippen LogP contribution < -0.4 is 25.3 Å². The van der Waals surface area contributed by atoms with Crippen molar-refractivity contribution >= 4 is 5.69 Å².